The lowest BCUT2D eigenvalue weighted by molar-refractivity contribution is 0.124. The van der Waals surface area contributed by atoms with Crippen LogP contribution in [0.15, 0.2) is 12.1 Å². The molecule has 0 amide bonds. The Bertz CT molecular complexity index is 361. The van der Waals surface area contributed by atoms with Crippen LogP contribution in [0.4, 0.5) is 11.4 Å². The minimum Gasteiger partial charge on any atom is -0.493 e. The quantitative estimate of drug-likeness (QED) is 0.837. The minimum atomic E-state index is 0.152. The molecule has 1 heterocycles. The van der Waals surface area contributed by atoms with Gasteiger partial charge in [-0.1, -0.05) is 0 Å². The fourth-order valence-corrected chi connectivity index (χ4v) is 1.86. The number of anilines is 2. The van der Waals surface area contributed by atoms with E-state index in [-0.39, 0.29) is 6.10 Å². The molecule has 17 heavy (non-hydrogen) atoms. The van der Waals surface area contributed by atoms with Gasteiger partial charge in [-0.15, -0.1) is 0 Å². The summed E-state index contributed by atoms with van der Waals surface area (Å²) in [5.74, 6) is 1.44. The average molecular weight is 238 g/mol. The molecule has 94 valence electrons. The monoisotopic (exact) mass is 238 g/mol. The van der Waals surface area contributed by atoms with E-state index in [1.807, 2.05) is 12.1 Å². The molecule has 0 spiro atoms. The first-order chi connectivity index (χ1) is 8.28. The molecule has 1 aliphatic heterocycles. The third-order valence-corrected chi connectivity index (χ3v) is 2.90. The fourth-order valence-electron chi connectivity index (χ4n) is 1.86. The van der Waals surface area contributed by atoms with Crippen LogP contribution in [0, 0.1) is 0 Å². The summed E-state index contributed by atoms with van der Waals surface area (Å²) in [5.41, 5.74) is 2.00. The van der Waals surface area contributed by atoms with E-state index < -0.39 is 0 Å². The van der Waals surface area contributed by atoms with Gasteiger partial charge in [0, 0.05) is 32.3 Å². The summed E-state index contributed by atoms with van der Waals surface area (Å²) >= 11 is 0. The van der Waals surface area contributed by atoms with Gasteiger partial charge >= 0.3 is 0 Å². The minimum absolute atomic E-state index is 0.152. The summed E-state index contributed by atoms with van der Waals surface area (Å²) in [5, 5.41) is 6.66. The second-order valence-electron chi connectivity index (χ2n) is 3.87. The molecule has 5 nitrogen and oxygen atoms in total. The number of methoxy groups -OCH3 is 3. The number of rotatable bonds is 3. The first kappa shape index (κ1) is 11.9. The molecule has 1 aromatic rings. The molecule has 0 saturated heterocycles. The summed E-state index contributed by atoms with van der Waals surface area (Å²) in [6.45, 7) is 1.54. The van der Waals surface area contributed by atoms with E-state index in [1.54, 1.807) is 21.3 Å². The molecule has 0 aliphatic carbocycles. The zero-order valence-electron chi connectivity index (χ0n) is 10.4. The van der Waals surface area contributed by atoms with E-state index in [9.17, 15) is 0 Å². The standard InChI is InChI=1S/C12H18N2O3/c1-15-8-6-13-9-4-11(16-2)12(17-3)5-10(9)14-7-8/h4-5,8,13-14H,6-7H2,1-3H3. The van der Waals surface area contributed by atoms with Crippen molar-refractivity contribution in [2.45, 2.75) is 6.10 Å². The Morgan fingerprint density at radius 3 is 1.76 bits per heavy atom. The second-order valence-corrected chi connectivity index (χ2v) is 3.87. The Balaban J connectivity index is 2.30. The van der Waals surface area contributed by atoms with E-state index in [0.717, 1.165) is 36.0 Å². The van der Waals surface area contributed by atoms with Crippen LogP contribution in [-0.4, -0.2) is 40.5 Å². The number of benzene rings is 1. The SMILES string of the molecule is COc1cc2c(cc1OC)NCC(OC)CN2. The Kier molecular flexibility index (Phi) is 3.58. The highest BCUT2D eigenvalue weighted by molar-refractivity contribution is 5.74. The molecule has 0 atom stereocenters. The number of fused-ring (bicyclic) bond motifs is 1. The molecule has 5 heteroatoms. The molecule has 1 aromatic carbocycles. The predicted octanol–water partition coefficient (Wildman–Crippen LogP) is 1.56. The van der Waals surface area contributed by atoms with E-state index in [0.29, 0.717) is 0 Å². The molecule has 0 saturated carbocycles. The van der Waals surface area contributed by atoms with Gasteiger partial charge in [0.1, 0.15) is 0 Å². The van der Waals surface area contributed by atoms with Crippen molar-refractivity contribution in [3.63, 3.8) is 0 Å². The third-order valence-electron chi connectivity index (χ3n) is 2.90. The van der Waals surface area contributed by atoms with Crippen LogP contribution in [-0.2, 0) is 4.74 Å². The highest BCUT2D eigenvalue weighted by Gasteiger charge is 2.17. The molecule has 2 N–H and O–H groups in total. The summed E-state index contributed by atoms with van der Waals surface area (Å²) in [6, 6.07) is 3.86. The van der Waals surface area contributed by atoms with Gasteiger partial charge in [-0.3, -0.25) is 0 Å². The van der Waals surface area contributed by atoms with Gasteiger partial charge in [0.15, 0.2) is 11.5 Å². The zero-order valence-corrected chi connectivity index (χ0v) is 10.4. The first-order valence-corrected chi connectivity index (χ1v) is 5.55. The second kappa shape index (κ2) is 5.14. The molecule has 1 aliphatic rings. The molecule has 0 radical (unpaired) electrons. The van der Waals surface area contributed by atoms with Crippen LogP contribution in [0.3, 0.4) is 0 Å². The van der Waals surface area contributed by atoms with Crippen LogP contribution in [0.2, 0.25) is 0 Å². The number of nitrogens with one attached hydrogen (secondary N) is 2. The Labute approximate surface area is 101 Å². The van der Waals surface area contributed by atoms with Gasteiger partial charge in [0.05, 0.1) is 31.7 Å². The van der Waals surface area contributed by atoms with Crippen LogP contribution < -0.4 is 20.1 Å². The van der Waals surface area contributed by atoms with Crippen LogP contribution in [0.25, 0.3) is 0 Å². The largest absolute Gasteiger partial charge is 0.493 e. The predicted molar refractivity (Wildman–Crippen MR) is 67.3 cm³/mol. The van der Waals surface area contributed by atoms with E-state index in [1.165, 1.54) is 0 Å². The number of hydrogen-bond donors (Lipinski definition) is 2. The highest BCUT2D eigenvalue weighted by atomic mass is 16.5. The zero-order chi connectivity index (χ0) is 12.3. The van der Waals surface area contributed by atoms with Crippen molar-refractivity contribution in [3.8, 4) is 11.5 Å². The van der Waals surface area contributed by atoms with Gasteiger partial charge < -0.3 is 24.8 Å². The number of ether oxygens (including phenoxy) is 3. The van der Waals surface area contributed by atoms with Gasteiger partial charge in [0.25, 0.3) is 0 Å². The molecule has 0 fully saturated rings. The topological polar surface area (TPSA) is 51.8 Å². The molecule has 0 aromatic heterocycles. The molecular formula is C12H18N2O3. The van der Waals surface area contributed by atoms with Crippen molar-refractivity contribution in [2.24, 2.45) is 0 Å². The van der Waals surface area contributed by atoms with Crippen molar-refractivity contribution < 1.29 is 14.2 Å². The normalized spacial score (nSPS) is 15.2. The van der Waals surface area contributed by atoms with E-state index in [2.05, 4.69) is 10.6 Å². The van der Waals surface area contributed by atoms with Crippen molar-refractivity contribution >= 4 is 11.4 Å². The summed E-state index contributed by atoms with van der Waals surface area (Å²) in [4.78, 5) is 0. The molecule has 2 rings (SSSR count). The Morgan fingerprint density at radius 1 is 0.941 bits per heavy atom. The van der Waals surface area contributed by atoms with Crippen molar-refractivity contribution in [1.29, 1.82) is 0 Å². The summed E-state index contributed by atoms with van der Waals surface area (Å²) in [7, 11) is 4.98. The maximum atomic E-state index is 5.33. The lowest BCUT2D eigenvalue weighted by Crippen LogP contribution is -2.26. The van der Waals surface area contributed by atoms with Gasteiger partial charge in [-0.2, -0.15) is 0 Å². The first-order valence-electron chi connectivity index (χ1n) is 5.55. The van der Waals surface area contributed by atoms with Crippen molar-refractivity contribution in [2.75, 3.05) is 45.1 Å². The number of hydrogen-bond acceptors (Lipinski definition) is 5. The van der Waals surface area contributed by atoms with Crippen molar-refractivity contribution in [3.05, 3.63) is 12.1 Å². The van der Waals surface area contributed by atoms with Gasteiger partial charge in [-0.05, 0) is 0 Å². The maximum Gasteiger partial charge on any atom is 0.162 e. The fraction of sp³-hybridized carbons (Fsp3) is 0.500. The van der Waals surface area contributed by atoms with E-state index >= 15 is 0 Å². The lowest BCUT2D eigenvalue weighted by Gasteiger charge is -2.13. The van der Waals surface area contributed by atoms with E-state index in [4.69, 9.17) is 14.2 Å². The third kappa shape index (κ3) is 2.39. The molecule has 0 unspecified atom stereocenters. The summed E-state index contributed by atoms with van der Waals surface area (Å²) < 4.78 is 15.9. The Hall–Kier alpha value is -1.62. The summed E-state index contributed by atoms with van der Waals surface area (Å²) in [6.07, 6.45) is 0.152. The van der Waals surface area contributed by atoms with Crippen molar-refractivity contribution in [1.82, 2.24) is 0 Å². The maximum absolute atomic E-state index is 5.33. The Morgan fingerprint density at radius 2 is 1.41 bits per heavy atom. The van der Waals surface area contributed by atoms with Gasteiger partial charge in [0.2, 0.25) is 0 Å². The molecular weight excluding hydrogens is 220 g/mol. The van der Waals surface area contributed by atoms with Gasteiger partial charge in [-0.25, -0.2) is 0 Å². The average Bonchev–Trinajstić information content (AvgIpc) is 2.58. The lowest BCUT2D eigenvalue weighted by atomic mass is 10.2. The van der Waals surface area contributed by atoms with Crippen LogP contribution in [0.1, 0.15) is 0 Å². The highest BCUT2D eigenvalue weighted by Crippen LogP contribution is 2.37. The molecule has 0 bridgehead atoms. The van der Waals surface area contributed by atoms with Crippen LogP contribution in [0.5, 0.6) is 11.5 Å². The van der Waals surface area contributed by atoms with Crippen LogP contribution >= 0.6 is 0 Å². The smallest absolute Gasteiger partial charge is 0.162 e.